The molecule has 7 heteroatoms. The van der Waals surface area contributed by atoms with Crippen LogP contribution in [0.25, 0.3) is 11.4 Å². The lowest BCUT2D eigenvalue weighted by Gasteiger charge is -2.30. The van der Waals surface area contributed by atoms with E-state index >= 15 is 0 Å². The van der Waals surface area contributed by atoms with Gasteiger partial charge in [-0.15, -0.1) is 0 Å². The predicted octanol–water partition coefficient (Wildman–Crippen LogP) is 2.27. The number of aromatic amines is 1. The van der Waals surface area contributed by atoms with Gasteiger partial charge in [0, 0.05) is 30.2 Å². The Kier molecular flexibility index (Phi) is 4.88. The minimum Gasteiger partial charge on any atom is -0.338 e. The Hall–Kier alpha value is -2.80. The average molecular weight is 351 g/mol. The van der Waals surface area contributed by atoms with E-state index in [1.165, 1.54) is 5.56 Å². The third-order valence-corrected chi connectivity index (χ3v) is 4.83. The van der Waals surface area contributed by atoms with Gasteiger partial charge in [0.15, 0.2) is 0 Å². The Balaban J connectivity index is 1.29. The molecule has 1 N–H and O–H groups in total. The quantitative estimate of drug-likeness (QED) is 0.759. The van der Waals surface area contributed by atoms with Gasteiger partial charge in [0.05, 0.1) is 6.54 Å². The van der Waals surface area contributed by atoms with Crippen molar-refractivity contribution < 1.29 is 4.52 Å². The van der Waals surface area contributed by atoms with Crippen LogP contribution in [0.1, 0.15) is 24.3 Å². The van der Waals surface area contributed by atoms with Crippen LogP contribution in [0, 0.1) is 5.92 Å². The van der Waals surface area contributed by atoms with E-state index in [1.807, 2.05) is 24.4 Å². The Bertz CT molecular complexity index is 877. The molecule has 0 aliphatic carbocycles. The molecule has 7 nitrogen and oxygen atoms in total. The maximum absolute atomic E-state index is 11.1. The summed E-state index contributed by atoms with van der Waals surface area (Å²) in [5, 5.41) is 4.05. The number of nitrogens with one attached hydrogen (secondary N) is 1. The van der Waals surface area contributed by atoms with Crippen molar-refractivity contribution in [3.8, 4) is 11.4 Å². The molecule has 26 heavy (non-hydrogen) atoms. The molecule has 4 heterocycles. The Labute approximate surface area is 151 Å². The van der Waals surface area contributed by atoms with E-state index in [9.17, 15) is 4.79 Å². The Morgan fingerprint density at radius 2 is 2.12 bits per heavy atom. The van der Waals surface area contributed by atoms with Crippen molar-refractivity contribution in [1.82, 2.24) is 25.0 Å². The van der Waals surface area contributed by atoms with Crippen molar-refractivity contribution in [3.05, 3.63) is 64.7 Å². The monoisotopic (exact) mass is 351 g/mol. The molecule has 0 atom stereocenters. The first-order valence-corrected chi connectivity index (χ1v) is 8.89. The molecule has 0 saturated carbocycles. The minimum atomic E-state index is -0.0474. The number of nitrogens with zero attached hydrogens (tertiary/aromatic N) is 4. The average Bonchev–Trinajstić information content (AvgIpc) is 3.14. The molecular weight excluding hydrogens is 330 g/mol. The third kappa shape index (κ3) is 4.05. The van der Waals surface area contributed by atoms with Crippen LogP contribution in [0.3, 0.4) is 0 Å². The van der Waals surface area contributed by atoms with E-state index in [0.29, 0.717) is 24.2 Å². The van der Waals surface area contributed by atoms with Gasteiger partial charge >= 0.3 is 0 Å². The van der Waals surface area contributed by atoms with Crippen molar-refractivity contribution >= 4 is 0 Å². The van der Waals surface area contributed by atoms with Gasteiger partial charge in [-0.05, 0) is 56.0 Å². The number of H-pyrrole nitrogens is 1. The first kappa shape index (κ1) is 16.7. The molecule has 0 radical (unpaired) electrons. The number of rotatable bonds is 5. The van der Waals surface area contributed by atoms with E-state index in [0.717, 1.165) is 37.9 Å². The van der Waals surface area contributed by atoms with Crippen LogP contribution >= 0.6 is 0 Å². The van der Waals surface area contributed by atoms with Crippen molar-refractivity contribution in [2.75, 3.05) is 13.1 Å². The number of piperidine rings is 1. The largest absolute Gasteiger partial charge is 0.338 e. The summed E-state index contributed by atoms with van der Waals surface area (Å²) >= 11 is 0. The minimum absolute atomic E-state index is 0.0474. The number of pyridine rings is 2. The molecule has 3 aromatic rings. The van der Waals surface area contributed by atoms with Crippen LogP contribution in [0.5, 0.6) is 0 Å². The van der Waals surface area contributed by atoms with Gasteiger partial charge in [0.25, 0.3) is 0 Å². The molecular formula is C19H21N5O2. The van der Waals surface area contributed by atoms with Gasteiger partial charge in [-0.2, -0.15) is 4.98 Å². The van der Waals surface area contributed by atoms with Gasteiger partial charge in [-0.3, -0.25) is 14.7 Å². The summed E-state index contributed by atoms with van der Waals surface area (Å²) < 4.78 is 5.39. The molecule has 0 spiro atoms. The fraction of sp³-hybridized carbons (Fsp3) is 0.368. The molecule has 3 aromatic heterocycles. The summed E-state index contributed by atoms with van der Waals surface area (Å²) in [5.41, 5.74) is 2.01. The highest BCUT2D eigenvalue weighted by Crippen LogP contribution is 2.22. The zero-order valence-corrected chi connectivity index (χ0v) is 14.5. The fourth-order valence-corrected chi connectivity index (χ4v) is 3.37. The number of likely N-dealkylation sites (tertiary alicyclic amines) is 1. The molecule has 1 aliphatic heterocycles. The molecule has 1 aliphatic rings. The van der Waals surface area contributed by atoms with Gasteiger partial charge in [-0.25, -0.2) is 0 Å². The van der Waals surface area contributed by atoms with Gasteiger partial charge < -0.3 is 9.51 Å². The lowest BCUT2D eigenvalue weighted by Crippen LogP contribution is -2.34. The maximum Gasteiger partial charge on any atom is 0.247 e. The Morgan fingerprint density at radius 3 is 2.85 bits per heavy atom. The first-order chi connectivity index (χ1) is 12.8. The van der Waals surface area contributed by atoms with Crippen LogP contribution in [-0.4, -0.2) is 38.1 Å². The zero-order chi connectivity index (χ0) is 17.8. The van der Waals surface area contributed by atoms with Crippen LogP contribution in [-0.2, 0) is 13.0 Å². The number of aromatic nitrogens is 4. The van der Waals surface area contributed by atoms with E-state index in [-0.39, 0.29) is 5.56 Å². The molecule has 0 bridgehead atoms. The van der Waals surface area contributed by atoms with Crippen molar-refractivity contribution in [2.45, 2.75) is 25.8 Å². The van der Waals surface area contributed by atoms with Crippen molar-refractivity contribution in [1.29, 1.82) is 0 Å². The zero-order valence-electron chi connectivity index (χ0n) is 14.5. The second-order valence-electron chi connectivity index (χ2n) is 6.74. The Morgan fingerprint density at radius 1 is 1.23 bits per heavy atom. The smallest absolute Gasteiger partial charge is 0.247 e. The fourth-order valence-electron chi connectivity index (χ4n) is 3.37. The number of hydrogen-bond acceptors (Lipinski definition) is 6. The third-order valence-electron chi connectivity index (χ3n) is 4.83. The molecule has 0 unspecified atom stereocenters. The van der Waals surface area contributed by atoms with Gasteiger partial charge in [-0.1, -0.05) is 11.2 Å². The number of hydrogen-bond donors (Lipinski definition) is 1. The van der Waals surface area contributed by atoms with E-state index < -0.39 is 0 Å². The SMILES string of the molecule is O=c1ccc(CC2CCN(Cc3nc(-c4cccnc4)no3)CC2)c[nH]1. The topological polar surface area (TPSA) is 87.9 Å². The molecule has 0 amide bonds. The lowest BCUT2D eigenvalue weighted by molar-refractivity contribution is 0.159. The van der Waals surface area contributed by atoms with Crippen molar-refractivity contribution in [3.63, 3.8) is 0 Å². The predicted molar refractivity (Wildman–Crippen MR) is 96.3 cm³/mol. The summed E-state index contributed by atoms with van der Waals surface area (Å²) in [7, 11) is 0. The van der Waals surface area contributed by atoms with E-state index in [1.54, 1.807) is 18.5 Å². The highest BCUT2D eigenvalue weighted by molar-refractivity contribution is 5.51. The normalized spacial score (nSPS) is 16.0. The second kappa shape index (κ2) is 7.61. The standard InChI is InChI=1S/C19H21N5O2/c25-17-4-3-15(11-21-17)10-14-5-8-24(9-6-14)13-18-22-19(23-26-18)16-2-1-7-20-12-16/h1-4,7,11-12,14H,5-6,8-10,13H2,(H,21,25). The summed E-state index contributed by atoms with van der Waals surface area (Å²) in [6, 6.07) is 7.30. The van der Waals surface area contributed by atoms with E-state index in [2.05, 4.69) is 25.0 Å². The molecule has 1 saturated heterocycles. The first-order valence-electron chi connectivity index (χ1n) is 8.89. The molecule has 1 fully saturated rings. The highest BCUT2D eigenvalue weighted by Gasteiger charge is 2.21. The summed E-state index contributed by atoms with van der Waals surface area (Å²) in [4.78, 5) is 24.8. The lowest BCUT2D eigenvalue weighted by atomic mass is 9.91. The maximum atomic E-state index is 11.1. The highest BCUT2D eigenvalue weighted by atomic mass is 16.5. The van der Waals surface area contributed by atoms with Crippen molar-refractivity contribution in [2.24, 2.45) is 5.92 Å². The van der Waals surface area contributed by atoms with Crippen LogP contribution in [0.4, 0.5) is 0 Å². The van der Waals surface area contributed by atoms with Crippen LogP contribution in [0.15, 0.2) is 52.2 Å². The summed E-state index contributed by atoms with van der Waals surface area (Å²) in [6.45, 7) is 2.70. The second-order valence-corrected chi connectivity index (χ2v) is 6.74. The van der Waals surface area contributed by atoms with Gasteiger partial charge in [0.1, 0.15) is 0 Å². The van der Waals surface area contributed by atoms with Crippen LogP contribution < -0.4 is 5.56 Å². The van der Waals surface area contributed by atoms with Crippen LogP contribution in [0.2, 0.25) is 0 Å². The molecule has 134 valence electrons. The molecule has 4 rings (SSSR count). The summed E-state index contributed by atoms with van der Waals surface area (Å²) in [5.74, 6) is 1.87. The molecule has 0 aromatic carbocycles. The summed E-state index contributed by atoms with van der Waals surface area (Å²) in [6.07, 6.45) is 8.55. The van der Waals surface area contributed by atoms with E-state index in [4.69, 9.17) is 4.52 Å². The van der Waals surface area contributed by atoms with Gasteiger partial charge in [0.2, 0.25) is 17.3 Å².